The molecule has 4 rings (SSSR count). The van der Waals surface area contributed by atoms with Crippen molar-refractivity contribution >= 4 is 6.03 Å². The highest BCUT2D eigenvalue weighted by Crippen LogP contribution is 2.29. The van der Waals surface area contributed by atoms with Gasteiger partial charge < -0.3 is 14.7 Å². The second-order valence-electron chi connectivity index (χ2n) is 7.00. The topological polar surface area (TPSA) is 89.1 Å². The fraction of sp³-hybridized carbons (Fsp3) is 0.647. The molecule has 1 N–H and O–H groups in total. The minimum absolute atomic E-state index is 0.0223. The minimum Gasteiger partial charge on any atom is -0.335 e. The molecule has 134 valence electrons. The summed E-state index contributed by atoms with van der Waals surface area (Å²) in [5.41, 5.74) is 2.83. The Bertz CT molecular complexity index is 774. The van der Waals surface area contributed by atoms with Gasteiger partial charge in [0, 0.05) is 37.3 Å². The van der Waals surface area contributed by atoms with E-state index in [1.165, 1.54) is 19.3 Å². The molecule has 0 aromatic carbocycles. The first kappa shape index (κ1) is 16.1. The molecule has 8 heteroatoms. The Hall–Kier alpha value is -2.38. The van der Waals surface area contributed by atoms with Crippen molar-refractivity contribution in [1.29, 1.82) is 0 Å². The molecule has 8 nitrogen and oxygen atoms in total. The van der Waals surface area contributed by atoms with Crippen molar-refractivity contribution in [1.82, 2.24) is 30.1 Å². The number of aromatic nitrogens is 4. The van der Waals surface area contributed by atoms with Crippen molar-refractivity contribution in [2.24, 2.45) is 7.05 Å². The lowest BCUT2D eigenvalue weighted by molar-refractivity contribution is 0.184. The molecule has 1 aliphatic carbocycles. The van der Waals surface area contributed by atoms with Gasteiger partial charge in [-0.15, -0.1) is 0 Å². The third-order valence-corrected chi connectivity index (χ3v) is 5.19. The number of aryl methyl sites for hydroxylation is 2. The maximum atomic E-state index is 12.7. The molecule has 0 saturated heterocycles. The van der Waals surface area contributed by atoms with E-state index in [2.05, 4.69) is 20.6 Å². The van der Waals surface area contributed by atoms with E-state index in [1.54, 1.807) is 6.92 Å². The monoisotopic (exact) mass is 344 g/mol. The van der Waals surface area contributed by atoms with Crippen molar-refractivity contribution in [2.75, 3.05) is 6.54 Å². The van der Waals surface area contributed by atoms with Crippen molar-refractivity contribution in [3.8, 4) is 11.6 Å². The summed E-state index contributed by atoms with van der Waals surface area (Å²) in [6.45, 7) is 3.01. The Morgan fingerprint density at radius 3 is 2.80 bits per heavy atom. The quantitative estimate of drug-likeness (QED) is 0.902. The molecule has 2 amide bonds. The van der Waals surface area contributed by atoms with Gasteiger partial charge >= 0.3 is 6.03 Å². The molecular weight excluding hydrogens is 320 g/mol. The lowest BCUT2D eigenvalue weighted by Crippen LogP contribution is -2.47. The predicted octanol–water partition coefficient (Wildman–Crippen LogP) is 2.18. The van der Waals surface area contributed by atoms with E-state index in [-0.39, 0.29) is 6.03 Å². The lowest BCUT2D eigenvalue weighted by Gasteiger charge is -2.31. The van der Waals surface area contributed by atoms with E-state index in [1.807, 2.05) is 16.6 Å². The molecule has 1 saturated carbocycles. The van der Waals surface area contributed by atoms with E-state index >= 15 is 0 Å². The van der Waals surface area contributed by atoms with E-state index < -0.39 is 0 Å². The Morgan fingerprint density at radius 2 is 2.08 bits per heavy atom. The van der Waals surface area contributed by atoms with Crippen LogP contribution in [0.25, 0.3) is 11.6 Å². The Morgan fingerprint density at radius 1 is 1.28 bits per heavy atom. The number of fused-ring (bicyclic) bond motifs is 1. The van der Waals surface area contributed by atoms with Gasteiger partial charge in [-0.05, 0) is 19.8 Å². The average Bonchev–Trinajstić information content (AvgIpc) is 3.19. The zero-order valence-electron chi connectivity index (χ0n) is 14.8. The van der Waals surface area contributed by atoms with Gasteiger partial charge in [-0.25, -0.2) is 4.79 Å². The van der Waals surface area contributed by atoms with Gasteiger partial charge in [-0.1, -0.05) is 24.4 Å². The van der Waals surface area contributed by atoms with E-state index in [0.29, 0.717) is 36.5 Å². The molecule has 0 spiro atoms. The smallest absolute Gasteiger partial charge is 0.317 e. The standard InChI is InChI=1S/C17H24N6O2/c1-11-18-16(25-21-11)15-13-10-23(9-8-14(13)22(2)20-15)17(24)19-12-6-4-3-5-7-12/h12H,3-10H2,1-2H3,(H,19,24). The number of carbonyl (C=O) groups is 1. The van der Waals surface area contributed by atoms with Crippen molar-refractivity contribution < 1.29 is 9.32 Å². The van der Waals surface area contributed by atoms with Gasteiger partial charge in [-0.3, -0.25) is 4.68 Å². The summed E-state index contributed by atoms with van der Waals surface area (Å²) in [6, 6.07) is 0.337. The van der Waals surface area contributed by atoms with Crippen LogP contribution in [0.4, 0.5) is 4.79 Å². The summed E-state index contributed by atoms with van der Waals surface area (Å²) >= 11 is 0. The number of urea groups is 1. The highest BCUT2D eigenvalue weighted by molar-refractivity contribution is 5.75. The maximum Gasteiger partial charge on any atom is 0.317 e. The SMILES string of the molecule is Cc1noc(-c2nn(C)c3c2CN(C(=O)NC2CCCCC2)CC3)n1. The Balaban J connectivity index is 1.53. The van der Waals surface area contributed by atoms with Gasteiger partial charge in [0.2, 0.25) is 0 Å². The number of rotatable bonds is 2. The second kappa shape index (κ2) is 6.50. The summed E-state index contributed by atoms with van der Waals surface area (Å²) in [7, 11) is 1.92. The zero-order valence-corrected chi connectivity index (χ0v) is 14.8. The van der Waals surface area contributed by atoms with Gasteiger partial charge in [0.1, 0.15) is 0 Å². The molecule has 0 radical (unpaired) electrons. The first-order valence-corrected chi connectivity index (χ1v) is 9.02. The van der Waals surface area contributed by atoms with Crippen molar-refractivity contribution in [2.45, 2.75) is 58.0 Å². The van der Waals surface area contributed by atoms with Crippen LogP contribution in [0.2, 0.25) is 0 Å². The molecule has 0 bridgehead atoms. The maximum absolute atomic E-state index is 12.7. The normalized spacial score (nSPS) is 18.2. The van der Waals surface area contributed by atoms with E-state index in [9.17, 15) is 4.79 Å². The fourth-order valence-electron chi connectivity index (χ4n) is 3.84. The van der Waals surface area contributed by atoms with Crippen LogP contribution in [0.3, 0.4) is 0 Å². The highest BCUT2D eigenvalue weighted by atomic mass is 16.5. The first-order valence-electron chi connectivity index (χ1n) is 9.02. The van der Waals surface area contributed by atoms with Gasteiger partial charge in [0.15, 0.2) is 11.5 Å². The second-order valence-corrected chi connectivity index (χ2v) is 7.00. The van der Waals surface area contributed by atoms with Crippen LogP contribution in [-0.4, -0.2) is 43.4 Å². The van der Waals surface area contributed by atoms with Gasteiger partial charge in [0.05, 0.1) is 6.54 Å². The lowest BCUT2D eigenvalue weighted by atomic mass is 9.95. The number of nitrogens with one attached hydrogen (secondary N) is 1. The average molecular weight is 344 g/mol. The third kappa shape index (κ3) is 3.12. The van der Waals surface area contributed by atoms with Crippen LogP contribution in [0.5, 0.6) is 0 Å². The Labute approximate surface area is 146 Å². The summed E-state index contributed by atoms with van der Waals surface area (Å²) in [6.07, 6.45) is 6.65. The fourth-order valence-corrected chi connectivity index (χ4v) is 3.84. The number of amides is 2. The molecule has 25 heavy (non-hydrogen) atoms. The number of hydrogen-bond acceptors (Lipinski definition) is 5. The van der Waals surface area contributed by atoms with Gasteiger partial charge in [-0.2, -0.15) is 10.1 Å². The van der Waals surface area contributed by atoms with E-state index in [4.69, 9.17) is 4.52 Å². The Kier molecular flexibility index (Phi) is 4.19. The summed E-state index contributed by atoms with van der Waals surface area (Å²) in [5, 5.41) is 11.6. The largest absolute Gasteiger partial charge is 0.335 e. The molecule has 1 fully saturated rings. The number of hydrogen-bond donors (Lipinski definition) is 1. The van der Waals surface area contributed by atoms with Gasteiger partial charge in [0.25, 0.3) is 5.89 Å². The first-order chi connectivity index (χ1) is 12.1. The molecule has 2 aromatic rings. The molecule has 1 aliphatic heterocycles. The van der Waals surface area contributed by atoms with Crippen LogP contribution in [0, 0.1) is 6.92 Å². The molecule has 0 atom stereocenters. The van der Waals surface area contributed by atoms with Crippen LogP contribution < -0.4 is 5.32 Å². The van der Waals surface area contributed by atoms with Crippen molar-refractivity contribution in [3.05, 3.63) is 17.1 Å². The third-order valence-electron chi connectivity index (χ3n) is 5.19. The summed E-state index contributed by atoms with van der Waals surface area (Å²) in [4.78, 5) is 18.8. The molecule has 2 aromatic heterocycles. The number of nitrogens with zero attached hydrogens (tertiary/aromatic N) is 5. The number of carbonyl (C=O) groups excluding carboxylic acids is 1. The molecule has 3 heterocycles. The predicted molar refractivity (Wildman–Crippen MR) is 90.8 cm³/mol. The zero-order chi connectivity index (χ0) is 17.4. The molecule has 2 aliphatic rings. The minimum atomic E-state index is 0.0223. The summed E-state index contributed by atoms with van der Waals surface area (Å²) < 4.78 is 7.15. The van der Waals surface area contributed by atoms with Crippen molar-refractivity contribution in [3.63, 3.8) is 0 Å². The van der Waals surface area contributed by atoms with Crippen LogP contribution >= 0.6 is 0 Å². The van der Waals surface area contributed by atoms with Crippen LogP contribution in [0.15, 0.2) is 4.52 Å². The molecular formula is C17H24N6O2. The van der Waals surface area contributed by atoms with Crippen LogP contribution in [0.1, 0.15) is 49.2 Å². The molecule has 0 unspecified atom stereocenters. The summed E-state index contributed by atoms with van der Waals surface area (Å²) in [5.74, 6) is 1.00. The van der Waals surface area contributed by atoms with E-state index in [0.717, 1.165) is 30.5 Å². The highest BCUT2D eigenvalue weighted by Gasteiger charge is 2.30. The van der Waals surface area contributed by atoms with Crippen LogP contribution in [-0.2, 0) is 20.0 Å².